The molecule has 21 heavy (non-hydrogen) atoms. The molecule has 2 atom stereocenters. The lowest BCUT2D eigenvalue weighted by Gasteiger charge is -2.26. The number of aryl methyl sites for hydroxylation is 1. The van der Waals surface area contributed by atoms with Gasteiger partial charge in [-0.1, -0.05) is 6.07 Å². The molecule has 1 N–H and O–H groups in total. The van der Waals surface area contributed by atoms with E-state index in [-0.39, 0.29) is 17.9 Å². The van der Waals surface area contributed by atoms with Gasteiger partial charge in [-0.25, -0.2) is 4.39 Å². The van der Waals surface area contributed by atoms with Gasteiger partial charge in [0, 0.05) is 12.5 Å². The maximum absolute atomic E-state index is 13.5. The Morgan fingerprint density at radius 2 is 2.29 bits per heavy atom. The number of carbonyl (C=O) groups is 1. The molecule has 1 aliphatic carbocycles. The molecule has 1 aromatic carbocycles. The molecule has 116 valence electrons. The highest BCUT2D eigenvalue weighted by molar-refractivity contribution is 5.81. The largest absolute Gasteiger partial charge is 0.490 e. The summed E-state index contributed by atoms with van der Waals surface area (Å²) >= 11 is 0. The number of rotatable bonds is 5. The fourth-order valence-electron chi connectivity index (χ4n) is 2.72. The summed E-state index contributed by atoms with van der Waals surface area (Å²) < 4.78 is 24.5. The number of esters is 1. The van der Waals surface area contributed by atoms with Crippen molar-refractivity contribution in [1.29, 1.82) is 0 Å². The molecule has 0 bridgehead atoms. The van der Waals surface area contributed by atoms with E-state index in [4.69, 9.17) is 9.47 Å². The number of nitrogens with one attached hydrogen (secondary N) is 1. The fraction of sp³-hybridized carbons (Fsp3) is 0.562. The molecular formula is C16H22FNO3. The van der Waals surface area contributed by atoms with E-state index in [1.165, 1.54) is 6.07 Å². The van der Waals surface area contributed by atoms with Gasteiger partial charge < -0.3 is 14.8 Å². The summed E-state index contributed by atoms with van der Waals surface area (Å²) in [5.74, 6) is -0.0247. The Bertz CT molecular complexity index is 520. The van der Waals surface area contributed by atoms with Crippen LogP contribution in [0.4, 0.5) is 4.39 Å². The minimum atomic E-state index is -0.691. The first-order valence-corrected chi connectivity index (χ1v) is 7.29. The van der Waals surface area contributed by atoms with E-state index in [0.29, 0.717) is 30.8 Å². The molecule has 0 amide bonds. The summed E-state index contributed by atoms with van der Waals surface area (Å²) in [6.07, 6.45) is 1.79. The Labute approximate surface area is 124 Å². The van der Waals surface area contributed by atoms with E-state index < -0.39 is 5.54 Å². The molecule has 1 aliphatic rings. The fourth-order valence-corrected chi connectivity index (χ4v) is 2.72. The number of likely N-dealkylation sites (N-methyl/N-ethyl adjacent to an activating group) is 1. The molecule has 0 spiro atoms. The second-order valence-electron chi connectivity index (χ2n) is 5.45. The van der Waals surface area contributed by atoms with Gasteiger partial charge >= 0.3 is 5.97 Å². The van der Waals surface area contributed by atoms with Gasteiger partial charge in [0.1, 0.15) is 23.2 Å². The van der Waals surface area contributed by atoms with Crippen LogP contribution in [0.25, 0.3) is 0 Å². The Morgan fingerprint density at radius 3 is 2.90 bits per heavy atom. The highest BCUT2D eigenvalue weighted by atomic mass is 19.1. The van der Waals surface area contributed by atoms with Crippen LogP contribution in [0.3, 0.4) is 0 Å². The number of ether oxygens (including phenoxy) is 2. The van der Waals surface area contributed by atoms with E-state index in [9.17, 15) is 9.18 Å². The smallest absolute Gasteiger partial charge is 0.326 e. The SMILES string of the molecule is CCOC(=O)C1(NC)CCC(Oc2ccc(C)c(F)c2)C1. The topological polar surface area (TPSA) is 47.6 Å². The van der Waals surface area contributed by atoms with Crippen molar-refractivity contribution in [3.63, 3.8) is 0 Å². The van der Waals surface area contributed by atoms with Crippen molar-refractivity contribution in [3.8, 4) is 5.75 Å². The Balaban J connectivity index is 2.04. The maximum Gasteiger partial charge on any atom is 0.326 e. The summed E-state index contributed by atoms with van der Waals surface area (Å²) in [5, 5.41) is 3.07. The van der Waals surface area contributed by atoms with Crippen molar-refractivity contribution >= 4 is 5.97 Å². The second kappa shape index (κ2) is 6.43. The van der Waals surface area contributed by atoms with E-state index in [1.54, 1.807) is 33.0 Å². The second-order valence-corrected chi connectivity index (χ2v) is 5.45. The van der Waals surface area contributed by atoms with Gasteiger partial charge in [0.2, 0.25) is 0 Å². The van der Waals surface area contributed by atoms with Crippen molar-refractivity contribution in [1.82, 2.24) is 5.32 Å². The summed E-state index contributed by atoms with van der Waals surface area (Å²) in [6.45, 7) is 3.86. The Morgan fingerprint density at radius 1 is 1.52 bits per heavy atom. The molecule has 0 aromatic heterocycles. The lowest BCUT2D eigenvalue weighted by atomic mass is 9.98. The standard InChI is InChI=1S/C16H22FNO3/c1-4-20-15(19)16(18-3)8-7-13(10-16)21-12-6-5-11(2)14(17)9-12/h5-6,9,13,18H,4,7-8,10H2,1-3H3. The first-order chi connectivity index (χ1) is 10.0. The summed E-state index contributed by atoms with van der Waals surface area (Å²) in [4.78, 5) is 12.1. The van der Waals surface area contributed by atoms with Crippen LogP contribution in [-0.4, -0.2) is 31.3 Å². The predicted molar refractivity (Wildman–Crippen MR) is 77.8 cm³/mol. The third-order valence-electron chi connectivity index (χ3n) is 4.06. The number of halogens is 1. The van der Waals surface area contributed by atoms with Gasteiger partial charge in [-0.2, -0.15) is 0 Å². The minimum Gasteiger partial charge on any atom is -0.490 e. The quantitative estimate of drug-likeness (QED) is 0.848. The Kier molecular flexibility index (Phi) is 4.83. The van der Waals surface area contributed by atoms with Crippen molar-refractivity contribution in [2.75, 3.05) is 13.7 Å². The molecule has 1 fully saturated rings. The molecule has 2 rings (SSSR count). The van der Waals surface area contributed by atoms with E-state index in [1.807, 2.05) is 0 Å². The summed E-state index contributed by atoms with van der Waals surface area (Å²) in [5.41, 5.74) is -0.103. The van der Waals surface area contributed by atoms with Crippen LogP contribution in [0.2, 0.25) is 0 Å². The van der Waals surface area contributed by atoms with E-state index in [0.717, 1.165) is 6.42 Å². The first-order valence-electron chi connectivity index (χ1n) is 7.29. The molecule has 0 aliphatic heterocycles. The van der Waals surface area contributed by atoms with Gasteiger partial charge in [0.15, 0.2) is 0 Å². The number of hydrogen-bond acceptors (Lipinski definition) is 4. The molecule has 0 heterocycles. The van der Waals surface area contributed by atoms with Gasteiger partial charge in [-0.05, 0) is 45.4 Å². The lowest BCUT2D eigenvalue weighted by Crippen LogP contribution is -2.49. The van der Waals surface area contributed by atoms with Crippen molar-refractivity contribution in [2.24, 2.45) is 0 Å². The third kappa shape index (κ3) is 3.35. The van der Waals surface area contributed by atoms with Crippen LogP contribution < -0.4 is 10.1 Å². The van der Waals surface area contributed by atoms with Gasteiger partial charge in [-0.15, -0.1) is 0 Å². The zero-order valence-electron chi connectivity index (χ0n) is 12.7. The molecule has 1 saturated carbocycles. The van der Waals surface area contributed by atoms with Crippen LogP contribution >= 0.6 is 0 Å². The summed E-state index contributed by atoms with van der Waals surface area (Å²) in [7, 11) is 1.75. The van der Waals surface area contributed by atoms with Crippen molar-refractivity contribution in [3.05, 3.63) is 29.6 Å². The number of carbonyl (C=O) groups excluding carboxylic acids is 1. The van der Waals surface area contributed by atoms with Gasteiger partial charge in [0.25, 0.3) is 0 Å². The van der Waals surface area contributed by atoms with Crippen LogP contribution in [0.1, 0.15) is 31.7 Å². The molecular weight excluding hydrogens is 273 g/mol. The number of benzene rings is 1. The lowest BCUT2D eigenvalue weighted by molar-refractivity contribution is -0.151. The maximum atomic E-state index is 13.5. The molecule has 1 aromatic rings. The van der Waals surface area contributed by atoms with Crippen molar-refractivity contribution < 1.29 is 18.7 Å². The first kappa shape index (κ1) is 15.8. The average molecular weight is 295 g/mol. The highest BCUT2D eigenvalue weighted by Crippen LogP contribution is 2.34. The predicted octanol–water partition coefficient (Wildman–Crippen LogP) is 2.59. The van der Waals surface area contributed by atoms with Crippen LogP contribution in [0, 0.1) is 12.7 Å². The van der Waals surface area contributed by atoms with E-state index in [2.05, 4.69) is 5.32 Å². The molecule has 5 heteroatoms. The minimum absolute atomic E-state index is 0.121. The summed E-state index contributed by atoms with van der Waals surface area (Å²) in [6, 6.07) is 4.83. The monoisotopic (exact) mass is 295 g/mol. The molecule has 4 nitrogen and oxygen atoms in total. The van der Waals surface area contributed by atoms with Crippen LogP contribution in [0.15, 0.2) is 18.2 Å². The van der Waals surface area contributed by atoms with Crippen LogP contribution in [0.5, 0.6) is 5.75 Å². The highest BCUT2D eigenvalue weighted by Gasteiger charge is 2.46. The molecule has 2 unspecified atom stereocenters. The van der Waals surface area contributed by atoms with E-state index >= 15 is 0 Å². The van der Waals surface area contributed by atoms with Gasteiger partial charge in [-0.3, -0.25) is 4.79 Å². The van der Waals surface area contributed by atoms with Gasteiger partial charge in [0.05, 0.1) is 6.61 Å². The zero-order chi connectivity index (χ0) is 15.5. The Hall–Kier alpha value is -1.62. The molecule has 0 saturated heterocycles. The average Bonchev–Trinajstić information content (AvgIpc) is 2.88. The van der Waals surface area contributed by atoms with Crippen molar-refractivity contribution in [2.45, 2.75) is 44.8 Å². The third-order valence-corrected chi connectivity index (χ3v) is 4.06. The molecule has 0 radical (unpaired) electrons. The zero-order valence-corrected chi connectivity index (χ0v) is 12.7. The number of hydrogen-bond donors (Lipinski definition) is 1. The normalized spacial score (nSPS) is 24.9. The van der Waals surface area contributed by atoms with Crippen LogP contribution in [-0.2, 0) is 9.53 Å².